The second-order valence-electron chi connectivity index (χ2n) is 4.75. The molecule has 0 N–H and O–H groups in total. The molecule has 2 aromatic carbocycles. The number of rotatable bonds is 6. The van der Waals surface area contributed by atoms with Crippen molar-refractivity contribution in [2.75, 3.05) is 20.2 Å². The van der Waals surface area contributed by atoms with Crippen LogP contribution in [0.1, 0.15) is 5.56 Å². The third kappa shape index (κ3) is 3.83. The maximum atomic E-state index is 12.5. The number of para-hydroxylation sites is 1. The van der Waals surface area contributed by atoms with Crippen molar-refractivity contribution in [3.8, 4) is 5.75 Å². The van der Waals surface area contributed by atoms with Crippen LogP contribution >= 0.6 is 0 Å². The SMILES string of the molecule is Cc1ccccc1S(=O)(=O)N(C)CCOc1ccccc1. The molecule has 0 aliphatic heterocycles. The number of aryl methyl sites for hydroxylation is 1. The van der Waals surface area contributed by atoms with Crippen molar-refractivity contribution < 1.29 is 13.2 Å². The van der Waals surface area contributed by atoms with Crippen molar-refractivity contribution >= 4 is 10.0 Å². The molecule has 0 aliphatic carbocycles. The highest BCUT2D eigenvalue weighted by molar-refractivity contribution is 7.89. The van der Waals surface area contributed by atoms with Crippen molar-refractivity contribution in [1.82, 2.24) is 4.31 Å². The van der Waals surface area contributed by atoms with Crippen LogP contribution in [0.4, 0.5) is 0 Å². The Morgan fingerprint density at radius 1 is 1.00 bits per heavy atom. The van der Waals surface area contributed by atoms with Gasteiger partial charge in [-0.3, -0.25) is 0 Å². The Kier molecular flexibility index (Phi) is 4.98. The van der Waals surface area contributed by atoms with Gasteiger partial charge in [-0.15, -0.1) is 0 Å². The number of hydrogen-bond donors (Lipinski definition) is 0. The number of hydrogen-bond acceptors (Lipinski definition) is 3. The fourth-order valence-electron chi connectivity index (χ4n) is 1.94. The maximum absolute atomic E-state index is 12.5. The molecule has 4 nitrogen and oxygen atoms in total. The van der Waals surface area contributed by atoms with Gasteiger partial charge in [0.15, 0.2) is 0 Å². The molecular weight excluding hydrogens is 286 g/mol. The van der Waals surface area contributed by atoms with Crippen molar-refractivity contribution in [3.05, 3.63) is 60.2 Å². The molecule has 0 unspecified atom stereocenters. The molecule has 0 atom stereocenters. The quantitative estimate of drug-likeness (QED) is 0.824. The molecule has 0 amide bonds. The summed E-state index contributed by atoms with van der Waals surface area (Å²) in [5, 5.41) is 0. The number of benzene rings is 2. The Hall–Kier alpha value is -1.85. The summed E-state index contributed by atoms with van der Waals surface area (Å²) in [7, 11) is -1.91. The molecule has 0 aromatic heterocycles. The van der Waals surface area contributed by atoms with Crippen molar-refractivity contribution in [2.45, 2.75) is 11.8 Å². The van der Waals surface area contributed by atoms with E-state index in [1.54, 1.807) is 32.2 Å². The fourth-order valence-corrected chi connectivity index (χ4v) is 3.32. The molecule has 112 valence electrons. The van der Waals surface area contributed by atoms with E-state index in [-0.39, 0.29) is 0 Å². The first-order valence-electron chi connectivity index (χ1n) is 6.71. The van der Waals surface area contributed by atoms with E-state index >= 15 is 0 Å². The van der Waals surface area contributed by atoms with E-state index < -0.39 is 10.0 Å². The minimum Gasteiger partial charge on any atom is -0.492 e. The van der Waals surface area contributed by atoms with Crippen LogP contribution in [-0.4, -0.2) is 32.9 Å². The van der Waals surface area contributed by atoms with E-state index in [0.717, 1.165) is 11.3 Å². The van der Waals surface area contributed by atoms with E-state index in [1.165, 1.54) is 4.31 Å². The molecule has 5 heteroatoms. The van der Waals surface area contributed by atoms with Crippen LogP contribution in [0.25, 0.3) is 0 Å². The van der Waals surface area contributed by atoms with Gasteiger partial charge in [0.25, 0.3) is 0 Å². The summed E-state index contributed by atoms with van der Waals surface area (Å²) in [6.45, 7) is 2.40. The number of nitrogens with zero attached hydrogens (tertiary/aromatic N) is 1. The molecular formula is C16H19NO3S. The van der Waals surface area contributed by atoms with Crippen LogP contribution in [0, 0.1) is 6.92 Å². The smallest absolute Gasteiger partial charge is 0.243 e. The second-order valence-corrected chi connectivity index (χ2v) is 6.77. The van der Waals surface area contributed by atoms with E-state index in [0.29, 0.717) is 18.0 Å². The largest absolute Gasteiger partial charge is 0.492 e. The summed E-state index contributed by atoms with van der Waals surface area (Å²) in [5.74, 6) is 0.735. The lowest BCUT2D eigenvalue weighted by Crippen LogP contribution is -2.31. The minimum atomic E-state index is -3.47. The Bertz CT molecular complexity index is 684. The molecule has 0 saturated heterocycles. The van der Waals surface area contributed by atoms with Gasteiger partial charge < -0.3 is 4.74 Å². The predicted molar refractivity (Wildman–Crippen MR) is 82.9 cm³/mol. The first-order valence-corrected chi connectivity index (χ1v) is 8.15. The van der Waals surface area contributed by atoms with Gasteiger partial charge in [-0.1, -0.05) is 36.4 Å². The van der Waals surface area contributed by atoms with Crippen molar-refractivity contribution in [3.63, 3.8) is 0 Å². The summed E-state index contributed by atoms with van der Waals surface area (Å²) < 4.78 is 31.8. The highest BCUT2D eigenvalue weighted by Crippen LogP contribution is 2.18. The third-order valence-corrected chi connectivity index (χ3v) is 5.22. The van der Waals surface area contributed by atoms with Gasteiger partial charge in [-0.25, -0.2) is 8.42 Å². The van der Waals surface area contributed by atoms with Crippen LogP contribution in [0.15, 0.2) is 59.5 Å². The standard InChI is InChI=1S/C16H19NO3S/c1-14-8-6-7-11-16(14)21(18,19)17(2)12-13-20-15-9-4-3-5-10-15/h3-11H,12-13H2,1-2H3. The molecule has 0 bridgehead atoms. The Morgan fingerprint density at radius 3 is 2.29 bits per heavy atom. The summed E-state index contributed by atoms with van der Waals surface area (Å²) in [6.07, 6.45) is 0. The van der Waals surface area contributed by atoms with E-state index in [1.807, 2.05) is 36.4 Å². The van der Waals surface area contributed by atoms with Gasteiger partial charge in [-0.2, -0.15) is 4.31 Å². The summed E-state index contributed by atoms with van der Waals surface area (Å²) in [6, 6.07) is 16.3. The van der Waals surface area contributed by atoms with E-state index in [4.69, 9.17) is 4.74 Å². The van der Waals surface area contributed by atoms with E-state index in [9.17, 15) is 8.42 Å². The zero-order valence-corrected chi connectivity index (χ0v) is 13.0. The number of ether oxygens (including phenoxy) is 1. The summed E-state index contributed by atoms with van der Waals surface area (Å²) >= 11 is 0. The molecule has 21 heavy (non-hydrogen) atoms. The van der Waals surface area contributed by atoms with Gasteiger partial charge in [0.05, 0.1) is 4.90 Å². The molecule has 2 rings (SSSR count). The summed E-state index contributed by atoms with van der Waals surface area (Å²) in [4.78, 5) is 0.340. The topological polar surface area (TPSA) is 46.6 Å². The van der Waals surface area contributed by atoms with Gasteiger partial charge in [0.1, 0.15) is 12.4 Å². The highest BCUT2D eigenvalue weighted by Gasteiger charge is 2.22. The molecule has 0 fully saturated rings. The lowest BCUT2D eigenvalue weighted by molar-refractivity contribution is 0.287. The first kappa shape index (κ1) is 15.5. The molecule has 2 aromatic rings. The highest BCUT2D eigenvalue weighted by atomic mass is 32.2. The van der Waals surface area contributed by atoms with Gasteiger partial charge in [-0.05, 0) is 30.7 Å². The molecule has 0 radical (unpaired) electrons. The van der Waals surface area contributed by atoms with E-state index in [2.05, 4.69) is 0 Å². The zero-order valence-electron chi connectivity index (χ0n) is 12.2. The van der Waals surface area contributed by atoms with Crippen molar-refractivity contribution in [1.29, 1.82) is 0 Å². The van der Waals surface area contributed by atoms with Gasteiger partial charge in [0.2, 0.25) is 10.0 Å². The fraction of sp³-hybridized carbons (Fsp3) is 0.250. The summed E-state index contributed by atoms with van der Waals surface area (Å²) in [5.41, 5.74) is 0.744. The molecule has 0 saturated carbocycles. The second kappa shape index (κ2) is 6.74. The minimum absolute atomic E-state index is 0.297. The number of likely N-dealkylation sites (N-methyl/N-ethyl adjacent to an activating group) is 1. The normalized spacial score (nSPS) is 11.6. The van der Waals surface area contributed by atoms with Crippen LogP contribution in [0.3, 0.4) is 0 Å². The number of sulfonamides is 1. The van der Waals surface area contributed by atoms with Crippen LogP contribution in [0.5, 0.6) is 5.75 Å². The Morgan fingerprint density at radius 2 is 1.62 bits per heavy atom. The average Bonchev–Trinajstić information content (AvgIpc) is 2.48. The lowest BCUT2D eigenvalue weighted by Gasteiger charge is -2.18. The first-order chi connectivity index (χ1) is 10.0. The van der Waals surface area contributed by atoms with Crippen LogP contribution in [0.2, 0.25) is 0 Å². The predicted octanol–water partition coefficient (Wildman–Crippen LogP) is 2.69. The maximum Gasteiger partial charge on any atom is 0.243 e. The van der Waals surface area contributed by atoms with Crippen LogP contribution in [-0.2, 0) is 10.0 Å². The van der Waals surface area contributed by atoms with Crippen LogP contribution < -0.4 is 4.74 Å². The Balaban J connectivity index is 2.00. The zero-order chi connectivity index (χ0) is 15.3. The van der Waals surface area contributed by atoms with Gasteiger partial charge >= 0.3 is 0 Å². The average molecular weight is 305 g/mol. The monoisotopic (exact) mass is 305 g/mol. The van der Waals surface area contributed by atoms with Crippen molar-refractivity contribution in [2.24, 2.45) is 0 Å². The molecule has 0 aliphatic rings. The third-order valence-electron chi connectivity index (χ3n) is 3.20. The molecule has 0 heterocycles. The molecule has 0 spiro atoms. The van der Waals surface area contributed by atoms with Gasteiger partial charge in [0, 0.05) is 13.6 Å². The lowest BCUT2D eigenvalue weighted by atomic mass is 10.2. The Labute approximate surface area is 126 Å².